The highest BCUT2D eigenvalue weighted by atomic mass is 35.5. The second kappa shape index (κ2) is 6.62. The molecule has 106 valence electrons. The van der Waals surface area contributed by atoms with Crippen LogP contribution in [-0.4, -0.2) is 12.9 Å². The van der Waals surface area contributed by atoms with Crippen LogP contribution < -0.4 is 4.74 Å². The topological polar surface area (TPSA) is 50.1 Å². The molecule has 0 fully saturated rings. The maximum atomic E-state index is 12.5. The normalized spacial score (nSPS) is 11.5. The van der Waals surface area contributed by atoms with Crippen molar-refractivity contribution < 1.29 is 9.53 Å². The van der Waals surface area contributed by atoms with Crippen molar-refractivity contribution in [2.75, 3.05) is 7.11 Å². The molecule has 0 spiro atoms. The Labute approximate surface area is 132 Å². The quantitative estimate of drug-likeness (QED) is 0.780. The number of Topliss-reactive ketones (excluding diaryl/α,β-unsaturated/α-hetero) is 1. The van der Waals surface area contributed by atoms with Crippen LogP contribution >= 0.6 is 23.2 Å². The van der Waals surface area contributed by atoms with Gasteiger partial charge in [-0.1, -0.05) is 41.4 Å². The minimum absolute atomic E-state index is 0.170. The summed E-state index contributed by atoms with van der Waals surface area (Å²) < 4.78 is 5.06. The molecule has 0 aliphatic carbocycles. The number of nitrogens with zero attached hydrogens (tertiary/aromatic N) is 1. The molecule has 5 heteroatoms. The molecule has 2 aromatic rings. The molecule has 0 amide bonds. The maximum Gasteiger partial charge on any atom is 0.187 e. The first kappa shape index (κ1) is 15.4. The average Bonchev–Trinajstić information content (AvgIpc) is 2.48. The summed E-state index contributed by atoms with van der Waals surface area (Å²) in [5.74, 6) is -0.731. The van der Waals surface area contributed by atoms with E-state index in [2.05, 4.69) is 0 Å². The SMILES string of the molecule is COc1ccc(C(C#N)C(=O)c2c(Cl)cccc2Cl)cc1. The predicted molar refractivity (Wildman–Crippen MR) is 82.1 cm³/mol. The lowest BCUT2D eigenvalue weighted by atomic mass is 9.92. The van der Waals surface area contributed by atoms with E-state index >= 15 is 0 Å². The number of hydrogen-bond acceptors (Lipinski definition) is 3. The van der Waals surface area contributed by atoms with Gasteiger partial charge in [0.05, 0.1) is 28.8 Å². The van der Waals surface area contributed by atoms with Crippen LogP contribution in [0.3, 0.4) is 0 Å². The van der Waals surface area contributed by atoms with Gasteiger partial charge in [0.15, 0.2) is 5.78 Å². The van der Waals surface area contributed by atoms with E-state index < -0.39 is 11.7 Å². The molecule has 0 saturated carbocycles. The number of methoxy groups -OCH3 is 1. The monoisotopic (exact) mass is 319 g/mol. The van der Waals surface area contributed by atoms with Crippen LogP contribution in [0.25, 0.3) is 0 Å². The van der Waals surface area contributed by atoms with Crippen LogP contribution in [-0.2, 0) is 0 Å². The zero-order chi connectivity index (χ0) is 15.4. The van der Waals surface area contributed by atoms with Gasteiger partial charge < -0.3 is 4.74 Å². The lowest BCUT2D eigenvalue weighted by molar-refractivity contribution is 0.0979. The minimum Gasteiger partial charge on any atom is -0.497 e. The summed E-state index contributed by atoms with van der Waals surface area (Å²) in [5, 5.41) is 9.81. The Bertz CT molecular complexity index is 685. The summed E-state index contributed by atoms with van der Waals surface area (Å²) in [7, 11) is 1.55. The van der Waals surface area contributed by atoms with Gasteiger partial charge in [-0.3, -0.25) is 4.79 Å². The average molecular weight is 320 g/mol. The molecule has 0 N–H and O–H groups in total. The second-order valence-electron chi connectivity index (χ2n) is 4.30. The molecular formula is C16H11Cl2NO2. The van der Waals surface area contributed by atoms with Crippen molar-refractivity contribution in [3.8, 4) is 11.8 Å². The van der Waals surface area contributed by atoms with Gasteiger partial charge in [0.25, 0.3) is 0 Å². The molecule has 1 unspecified atom stereocenters. The Kier molecular flexibility index (Phi) is 4.85. The highest BCUT2D eigenvalue weighted by molar-refractivity contribution is 6.40. The van der Waals surface area contributed by atoms with Crippen molar-refractivity contribution in [3.05, 3.63) is 63.6 Å². The van der Waals surface area contributed by atoms with Gasteiger partial charge in [-0.05, 0) is 29.8 Å². The van der Waals surface area contributed by atoms with Gasteiger partial charge in [-0.25, -0.2) is 0 Å². The summed E-state index contributed by atoms with van der Waals surface area (Å²) in [6.07, 6.45) is 0. The van der Waals surface area contributed by atoms with Gasteiger partial charge in [0.1, 0.15) is 11.7 Å². The van der Waals surface area contributed by atoms with Crippen molar-refractivity contribution in [1.82, 2.24) is 0 Å². The van der Waals surface area contributed by atoms with E-state index in [0.717, 1.165) is 0 Å². The molecular weight excluding hydrogens is 309 g/mol. The Morgan fingerprint density at radius 1 is 1.14 bits per heavy atom. The molecule has 1 atom stereocenters. The van der Waals surface area contributed by atoms with Crippen molar-refractivity contribution in [3.63, 3.8) is 0 Å². The highest BCUT2D eigenvalue weighted by Crippen LogP contribution is 2.30. The molecule has 0 bridgehead atoms. The fraction of sp³-hybridized carbons (Fsp3) is 0.125. The largest absolute Gasteiger partial charge is 0.497 e. The molecule has 2 rings (SSSR count). The standard InChI is InChI=1S/C16H11Cl2NO2/c1-21-11-7-5-10(6-8-11)12(9-19)16(20)15-13(17)3-2-4-14(15)18/h2-8,12H,1H3. The van der Waals surface area contributed by atoms with Gasteiger partial charge in [-0.2, -0.15) is 5.26 Å². The van der Waals surface area contributed by atoms with Crippen LogP contribution in [0.2, 0.25) is 10.0 Å². The minimum atomic E-state index is -0.965. The molecule has 0 aliphatic heterocycles. The summed E-state index contributed by atoms with van der Waals surface area (Å²) in [6.45, 7) is 0. The van der Waals surface area contributed by atoms with Crippen LogP contribution in [0.1, 0.15) is 21.8 Å². The van der Waals surface area contributed by atoms with Gasteiger partial charge >= 0.3 is 0 Å². The van der Waals surface area contributed by atoms with E-state index in [1.165, 1.54) is 0 Å². The maximum absolute atomic E-state index is 12.5. The zero-order valence-electron chi connectivity index (χ0n) is 11.1. The van der Waals surface area contributed by atoms with Crippen LogP contribution in [0.5, 0.6) is 5.75 Å². The lowest BCUT2D eigenvalue weighted by Gasteiger charge is -2.11. The molecule has 0 radical (unpaired) electrons. The fourth-order valence-electron chi connectivity index (χ4n) is 1.96. The van der Waals surface area contributed by atoms with Crippen molar-refractivity contribution in [2.45, 2.75) is 5.92 Å². The number of ether oxygens (including phenoxy) is 1. The Morgan fingerprint density at radius 3 is 2.19 bits per heavy atom. The third kappa shape index (κ3) is 3.18. The first-order valence-electron chi connectivity index (χ1n) is 6.10. The van der Waals surface area contributed by atoms with Gasteiger partial charge in [0, 0.05) is 0 Å². The predicted octanol–water partition coefficient (Wildman–Crippen LogP) is 4.49. The second-order valence-corrected chi connectivity index (χ2v) is 5.11. The van der Waals surface area contributed by atoms with Crippen molar-refractivity contribution in [2.24, 2.45) is 0 Å². The Hall–Kier alpha value is -2.02. The summed E-state index contributed by atoms with van der Waals surface area (Å²) in [6, 6.07) is 13.5. The number of carbonyl (C=O) groups is 1. The van der Waals surface area contributed by atoms with E-state index in [-0.39, 0.29) is 15.6 Å². The zero-order valence-corrected chi connectivity index (χ0v) is 12.7. The third-order valence-corrected chi connectivity index (χ3v) is 3.68. The van der Waals surface area contributed by atoms with E-state index in [4.69, 9.17) is 27.9 Å². The van der Waals surface area contributed by atoms with E-state index in [1.807, 2.05) is 6.07 Å². The summed E-state index contributed by atoms with van der Waals surface area (Å²) >= 11 is 12.1. The highest BCUT2D eigenvalue weighted by Gasteiger charge is 2.25. The first-order valence-corrected chi connectivity index (χ1v) is 6.86. The van der Waals surface area contributed by atoms with Crippen LogP contribution in [0, 0.1) is 11.3 Å². The molecule has 0 aliphatic rings. The Morgan fingerprint density at radius 2 is 1.71 bits per heavy atom. The van der Waals surface area contributed by atoms with Crippen LogP contribution in [0.4, 0.5) is 0 Å². The van der Waals surface area contributed by atoms with Crippen LogP contribution in [0.15, 0.2) is 42.5 Å². The van der Waals surface area contributed by atoms with E-state index in [1.54, 1.807) is 49.6 Å². The molecule has 21 heavy (non-hydrogen) atoms. The number of nitriles is 1. The summed E-state index contributed by atoms with van der Waals surface area (Å²) in [4.78, 5) is 12.5. The molecule has 0 heterocycles. The van der Waals surface area contributed by atoms with Gasteiger partial charge in [-0.15, -0.1) is 0 Å². The molecule has 0 saturated heterocycles. The third-order valence-electron chi connectivity index (χ3n) is 3.05. The fourth-order valence-corrected chi connectivity index (χ4v) is 2.54. The number of carbonyl (C=O) groups excluding carboxylic acids is 1. The molecule has 0 aromatic heterocycles. The van der Waals surface area contributed by atoms with Crippen molar-refractivity contribution >= 4 is 29.0 Å². The lowest BCUT2D eigenvalue weighted by Crippen LogP contribution is -2.12. The van der Waals surface area contributed by atoms with Gasteiger partial charge in [0.2, 0.25) is 0 Å². The van der Waals surface area contributed by atoms with E-state index in [0.29, 0.717) is 11.3 Å². The number of benzene rings is 2. The smallest absolute Gasteiger partial charge is 0.187 e. The number of halogens is 2. The molecule has 3 nitrogen and oxygen atoms in total. The van der Waals surface area contributed by atoms with E-state index in [9.17, 15) is 10.1 Å². The van der Waals surface area contributed by atoms with Crippen molar-refractivity contribution in [1.29, 1.82) is 5.26 Å². The first-order chi connectivity index (χ1) is 10.1. The molecule has 2 aromatic carbocycles. The number of ketones is 1. The Balaban J connectivity index is 2.41. The summed E-state index contributed by atoms with van der Waals surface area (Å²) in [5.41, 5.74) is 0.738. The number of rotatable bonds is 4. The number of hydrogen-bond donors (Lipinski definition) is 0.